The van der Waals surface area contributed by atoms with E-state index in [4.69, 9.17) is 4.98 Å². The minimum absolute atomic E-state index is 0.00247. The van der Waals surface area contributed by atoms with Gasteiger partial charge in [0.2, 0.25) is 0 Å². The lowest BCUT2D eigenvalue weighted by Gasteiger charge is -2.19. The van der Waals surface area contributed by atoms with Gasteiger partial charge in [0.25, 0.3) is 5.69 Å². The quantitative estimate of drug-likeness (QED) is 0.660. The summed E-state index contributed by atoms with van der Waals surface area (Å²) in [6.45, 7) is 3.77. The van der Waals surface area contributed by atoms with Crippen LogP contribution in [0.25, 0.3) is 0 Å². The molecule has 3 heterocycles. The summed E-state index contributed by atoms with van der Waals surface area (Å²) in [6.07, 6.45) is 4.64. The van der Waals surface area contributed by atoms with E-state index in [0.717, 1.165) is 36.8 Å². The molecule has 0 unspecified atom stereocenters. The van der Waals surface area contributed by atoms with Crippen molar-refractivity contribution in [3.8, 4) is 0 Å². The van der Waals surface area contributed by atoms with Crippen LogP contribution in [0.3, 0.4) is 0 Å². The molecule has 2 aliphatic rings. The van der Waals surface area contributed by atoms with Gasteiger partial charge in [0, 0.05) is 42.9 Å². The fraction of sp³-hybridized carbons (Fsp3) is 0.471. The van der Waals surface area contributed by atoms with Crippen LogP contribution in [-0.4, -0.2) is 39.0 Å². The minimum Gasteiger partial charge on any atom is -0.365 e. The molecule has 25 heavy (non-hydrogen) atoms. The molecule has 1 atom stereocenters. The van der Waals surface area contributed by atoms with Crippen LogP contribution in [0, 0.1) is 17.0 Å². The Labute approximate surface area is 145 Å². The van der Waals surface area contributed by atoms with E-state index in [2.05, 4.69) is 20.2 Å². The summed E-state index contributed by atoms with van der Waals surface area (Å²) in [5.41, 5.74) is 1.02. The molecule has 0 bridgehead atoms. The Bertz CT molecular complexity index is 790. The molecule has 4 rings (SSSR count). The second-order valence-corrected chi connectivity index (χ2v) is 6.73. The van der Waals surface area contributed by atoms with E-state index < -0.39 is 4.92 Å². The van der Waals surface area contributed by atoms with E-state index in [1.165, 1.54) is 25.1 Å². The second kappa shape index (κ2) is 6.27. The molecule has 8 heteroatoms. The summed E-state index contributed by atoms with van der Waals surface area (Å²) < 4.78 is 0. The number of nitro groups is 1. The number of nitrogens with one attached hydrogen (secondary N) is 1. The molecule has 0 spiro atoms. The van der Waals surface area contributed by atoms with Crippen molar-refractivity contribution in [2.75, 3.05) is 23.3 Å². The first-order chi connectivity index (χ1) is 12.1. The summed E-state index contributed by atoms with van der Waals surface area (Å²) in [5.74, 6) is 3.17. The third-order valence-corrected chi connectivity index (χ3v) is 4.62. The number of hydrogen-bond donors (Lipinski definition) is 1. The molecule has 1 saturated carbocycles. The molecule has 8 nitrogen and oxygen atoms in total. The molecule has 2 aromatic heterocycles. The summed E-state index contributed by atoms with van der Waals surface area (Å²) >= 11 is 0. The SMILES string of the molecule is Cc1cc(N2CC[C@@H](Nc3ccc([N+](=O)[O-])cn3)C2)nc(C2CC2)n1. The van der Waals surface area contributed by atoms with Crippen molar-refractivity contribution in [1.82, 2.24) is 15.0 Å². The van der Waals surface area contributed by atoms with Crippen molar-refractivity contribution in [3.05, 3.63) is 46.0 Å². The Morgan fingerprint density at radius 2 is 2.12 bits per heavy atom. The monoisotopic (exact) mass is 340 g/mol. The van der Waals surface area contributed by atoms with Crippen LogP contribution in [0.4, 0.5) is 17.3 Å². The van der Waals surface area contributed by atoms with Crippen molar-refractivity contribution in [2.24, 2.45) is 0 Å². The first kappa shape index (κ1) is 15.7. The minimum atomic E-state index is -0.441. The Hall–Kier alpha value is -2.77. The van der Waals surface area contributed by atoms with E-state index in [-0.39, 0.29) is 11.7 Å². The molecule has 1 N–H and O–H groups in total. The van der Waals surface area contributed by atoms with Gasteiger partial charge in [0.15, 0.2) is 0 Å². The Morgan fingerprint density at radius 1 is 1.28 bits per heavy atom. The summed E-state index contributed by atoms with van der Waals surface area (Å²) in [4.78, 5) is 25.9. The van der Waals surface area contributed by atoms with E-state index in [0.29, 0.717) is 11.7 Å². The van der Waals surface area contributed by atoms with Gasteiger partial charge in [0.1, 0.15) is 23.7 Å². The number of pyridine rings is 1. The zero-order chi connectivity index (χ0) is 17.4. The summed E-state index contributed by atoms with van der Waals surface area (Å²) in [7, 11) is 0. The Kier molecular flexibility index (Phi) is 3.95. The van der Waals surface area contributed by atoms with Crippen molar-refractivity contribution >= 4 is 17.3 Å². The highest BCUT2D eigenvalue weighted by atomic mass is 16.6. The van der Waals surface area contributed by atoms with Crippen LogP contribution in [0.1, 0.15) is 36.7 Å². The lowest BCUT2D eigenvalue weighted by Crippen LogP contribution is -2.27. The van der Waals surface area contributed by atoms with Crippen LogP contribution in [0.15, 0.2) is 24.4 Å². The summed E-state index contributed by atoms with van der Waals surface area (Å²) in [5, 5.41) is 14.0. The molecule has 0 amide bonds. The summed E-state index contributed by atoms with van der Waals surface area (Å²) in [6, 6.07) is 5.41. The second-order valence-electron chi connectivity index (χ2n) is 6.73. The molecule has 2 fully saturated rings. The van der Waals surface area contributed by atoms with Crippen molar-refractivity contribution in [1.29, 1.82) is 0 Å². The maximum Gasteiger partial charge on any atom is 0.287 e. The van der Waals surface area contributed by atoms with Crippen molar-refractivity contribution in [3.63, 3.8) is 0 Å². The van der Waals surface area contributed by atoms with Gasteiger partial charge >= 0.3 is 0 Å². The van der Waals surface area contributed by atoms with Gasteiger partial charge in [-0.1, -0.05) is 0 Å². The molecule has 130 valence electrons. The average molecular weight is 340 g/mol. The fourth-order valence-corrected chi connectivity index (χ4v) is 3.14. The molecular weight excluding hydrogens is 320 g/mol. The maximum absolute atomic E-state index is 10.7. The highest BCUT2D eigenvalue weighted by Gasteiger charge is 2.29. The zero-order valence-electron chi connectivity index (χ0n) is 14.1. The molecule has 1 saturated heterocycles. The fourth-order valence-electron chi connectivity index (χ4n) is 3.14. The van der Waals surface area contributed by atoms with Crippen LogP contribution < -0.4 is 10.2 Å². The van der Waals surface area contributed by atoms with Crippen LogP contribution in [0.2, 0.25) is 0 Å². The van der Waals surface area contributed by atoms with Gasteiger partial charge < -0.3 is 10.2 Å². The third-order valence-electron chi connectivity index (χ3n) is 4.62. The number of nitrogens with zero attached hydrogens (tertiary/aromatic N) is 5. The van der Waals surface area contributed by atoms with Crippen molar-refractivity contribution < 1.29 is 4.92 Å². The molecular formula is C17H20N6O2. The van der Waals surface area contributed by atoms with Gasteiger partial charge in [-0.3, -0.25) is 10.1 Å². The lowest BCUT2D eigenvalue weighted by atomic mass is 10.2. The van der Waals surface area contributed by atoms with Crippen molar-refractivity contribution in [2.45, 2.75) is 38.1 Å². The highest BCUT2D eigenvalue weighted by Crippen LogP contribution is 2.38. The predicted octanol–water partition coefficient (Wildman–Crippen LogP) is 2.66. The average Bonchev–Trinajstić information content (AvgIpc) is 3.34. The molecule has 0 radical (unpaired) electrons. The number of anilines is 2. The maximum atomic E-state index is 10.7. The third kappa shape index (κ3) is 3.52. The number of aromatic nitrogens is 3. The van der Waals surface area contributed by atoms with Gasteiger partial charge in [-0.25, -0.2) is 15.0 Å². The topological polar surface area (TPSA) is 97.1 Å². The van der Waals surface area contributed by atoms with Crippen LogP contribution >= 0.6 is 0 Å². The molecule has 1 aliphatic heterocycles. The number of aryl methyl sites for hydroxylation is 1. The zero-order valence-corrected chi connectivity index (χ0v) is 14.1. The Balaban J connectivity index is 1.42. The van der Waals surface area contributed by atoms with Gasteiger partial charge in [-0.2, -0.15) is 0 Å². The van der Waals surface area contributed by atoms with Gasteiger partial charge in [-0.05, 0) is 32.3 Å². The number of hydrogen-bond acceptors (Lipinski definition) is 7. The van der Waals surface area contributed by atoms with E-state index in [1.807, 2.05) is 13.0 Å². The van der Waals surface area contributed by atoms with Crippen LogP contribution in [0.5, 0.6) is 0 Å². The first-order valence-electron chi connectivity index (χ1n) is 8.56. The normalized spacial score (nSPS) is 19.9. The van der Waals surface area contributed by atoms with E-state index in [9.17, 15) is 10.1 Å². The number of rotatable bonds is 5. The van der Waals surface area contributed by atoms with E-state index in [1.54, 1.807) is 6.07 Å². The van der Waals surface area contributed by atoms with Crippen LogP contribution in [-0.2, 0) is 0 Å². The van der Waals surface area contributed by atoms with E-state index >= 15 is 0 Å². The van der Waals surface area contributed by atoms with Gasteiger partial charge in [0.05, 0.1) is 4.92 Å². The highest BCUT2D eigenvalue weighted by molar-refractivity contribution is 5.45. The molecule has 0 aromatic carbocycles. The molecule has 2 aromatic rings. The largest absolute Gasteiger partial charge is 0.365 e. The molecule has 1 aliphatic carbocycles. The standard InChI is InChI=1S/C17H20N6O2/c1-11-8-16(21-17(19-11)12-2-3-12)22-7-6-13(10-22)20-15-5-4-14(9-18-15)23(24)25/h4-5,8-9,12-13H,2-3,6-7,10H2,1H3,(H,18,20)/t13-/m1/s1. The van der Waals surface area contributed by atoms with Gasteiger partial charge in [-0.15, -0.1) is 0 Å². The predicted molar refractivity (Wildman–Crippen MR) is 93.9 cm³/mol. The Morgan fingerprint density at radius 3 is 2.80 bits per heavy atom. The first-order valence-corrected chi connectivity index (χ1v) is 8.56. The lowest BCUT2D eigenvalue weighted by molar-refractivity contribution is -0.385. The smallest absolute Gasteiger partial charge is 0.287 e.